The van der Waals surface area contributed by atoms with E-state index in [1.54, 1.807) is 0 Å². The van der Waals surface area contributed by atoms with Crippen LogP contribution in [0.1, 0.15) is 32.2 Å². The number of aromatic nitrogens is 1. The number of hydrogen-bond acceptors (Lipinski definition) is 2. The molecule has 0 atom stereocenters. The molecule has 2 aromatic carbocycles. The lowest BCUT2D eigenvalue weighted by atomic mass is 9.86. The minimum atomic E-state index is 0.321. The number of carbonyl (C=O) groups excluding carboxylic acids is 1. The van der Waals surface area contributed by atoms with Crippen molar-refractivity contribution in [3.63, 3.8) is 0 Å². The topological polar surface area (TPSA) is 42.2 Å². The maximum absolute atomic E-state index is 8.00. The lowest BCUT2D eigenvalue weighted by Crippen LogP contribution is -2.14. The first-order chi connectivity index (χ1) is 14.0. The molecule has 4 heteroatoms. The second-order valence-corrected chi connectivity index (χ2v) is 8.23. The molecule has 0 spiro atoms. The van der Waals surface area contributed by atoms with Crippen LogP contribution in [-0.4, -0.2) is 23.6 Å². The summed E-state index contributed by atoms with van der Waals surface area (Å²) in [7, 11) is 1.00. The molecule has 1 aromatic heterocycles. The molecule has 154 valence electrons. The molecule has 1 aliphatic heterocycles. The lowest BCUT2D eigenvalue weighted by Gasteiger charge is -2.18. The summed E-state index contributed by atoms with van der Waals surface area (Å²) in [5, 5.41) is 7.79. The van der Waals surface area contributed by atoms with Crippen molar-refractivity contribution >= 4 is 18.4 Å². The van der Waals surface area contributed by atoms with Gasteiger partial charge < -0.3 is 14.5 Å². The summed E-state index contributed by atoms with van der Waals surface area (Å²) in [5.41, 5.74) is 8.62. The first kappa shape index (κ1) is 22.9. The van der Waals surface area contributed by atoms with Crippen molar-refractivity contribution in [2.45, 2.75) is 40.2 Å². The summed E-state index contributed by atoms with van der Waals surface area (Å²) in [4.78, 5) is 8.00. The molecular weight excluding hydrogens is 382 g/mol. The molecule has 0 amide bonds. The van der Waals surface area contributed by atoms with Gasteiger partial charge in [0.05, 0.1) is 0 Å². The van der Waals surface area contributed by atoms with Gasteiger partial charge in [0.25, 0.3) is 0 Å². The van der Waals surface area contributed by atoms with Gasteiger partial charge in [-0.05, 0) is 41.5 Å². The van der Waals surface area contributed by atoms with Gasteiger partial charge in [-0.2, -0.15) is 0 Å². The predicted molar refractivity (Wildman–Crippen MR) is 122 cm³/mol. The molecule has 0 bridgehead atoms. The van der Waals surface area contributed by atoms with Crippen molar-refractivity contribution in [1.82, 2.24) is 4.57 Å². The third-order valence-corrected chi connectivity index (χ3v) is 5.49. The number of halogens is 1. The van der Waals surface area contributed by atoms with Gasteiger partial charge in [-0.3, -0.25) is 0 Å². The van der Waals surface area contributed by atoms with Crippen molar-refractivity contribution in [2.75, 3.05) is 7.11 Å². The molecule has 1 N–H and O–H groups in total. The summed E-state index contributed by atoms with van der Waals surface area (Å²) in [6, 6.07) is 19.1. The van der Waals surface area contributed by atoms with Crippen LogP contribution in [0.4, 0.5) is 0 Å². The van der Waals surface area contributed by atoms with E-state index in [2.05, 4.69) is 67.8 Å². The van der Waals surface area contributed by atoms with E-state index in [0.29, 0.717) is 5.41 Å². The highest BCUT2D eigenvalue weighted by Crippen LogP contribution is 2.46. The van der Waals surface area contributed by atoms with Crippen LogP contribution in [0, 0.1) is 5.41 Å². The average molecular weight is 412 g/mol. The Morgan fingerprint density at radius 3 is 2.07 bits per heavy atom. The molecule has 29 heavy (non-hydrogen) atoms. The molecular formula is C25H30ClNO2. The van der Waals surface area contributed by atoms with Gasteiger partial charge in [0.2, 0.25) is 0 Å². The standard InChI is InChI=1S/C23H24ClN.CH4O.CH2O/c1-4-19-21(17-10-12-18(24)13-11-17)22(16-8-6-5-7-9-16)20-14-23(2,3)15-25(19)20;2*1-2/h5-13H,4,14-15H2,1-3H3;2H,1H3;1H2. The van der Waals surface area contributed by atoms with Crippen LogP contribution in [0.2, 0.25) is 5.02 Å². The van der Waals surface area contributed by atoms with Crippen molar-refractivity contribution in [3.8, 4) is 22.3 Å². The van der Waals surface area contributed by atoms with E-state index >= 15 is 0 Å². The van der Waals surface area contributed by atoms with Gasteiger partial charge >= 0.3 is 0 Å². The SMILES string of the molecule is C=O.CCc1c(-c2ccc(Cl)cc2)c(-c2ccccc2)c2n1CC(C)(C)C2.CO. The Kier molecular flexibility index (Phi) is 7.83. The molecule has 0 saturated carbocycles. The minimum absolute atomic E-state index is 0.321. The first-order valence-corrected chi connectivity index (χ1v) is 10.2. The van der Waals surface area contributed by atoms with Crippen molar-refractivity contribution in [3.05, 3.63) is 71.0 Å². The van der Waals surface area contributed by atoms with E-state index < -0.39 is 0 Å². The van der Waals surface area contributed by atoms with E-state index in [1.807, 2.05) is 18.9 Å². The number of aliphatic hydroxyl groups is 1. The molecule has 0 radical (unpaired) electrons. The highest BCUT2D eigenvalue weighted by atomic mass is 35.5. The fourth-order valence-electron chi connectivity index (χ4n) is 4.24. The first-order valence-electron chi connectivity index (χ1n) is 9.79. The minimum Gasteiger partial charge on any atom is -0.400 e. The number of benzene rings is 2. The number of aliphatic hydroxyl groups excluding tert-OH is 1. The normalized spacial score (nSPS) is 13.6. The molecule has 3 nitrogen and oxygen atoms in total. The number of carbonyl (C=O) groups is 1. The van der Waals surface area contributed by atoms with Crippen LogP contribution in [0.3, 0.4) is 0 Å². The fraction of sp³-hybridized carbons (Fsp3) is 0.320. The number of fused-ring (bicyclic) bond motifs is 1. The lowest BCUT2D eigenvalue weighted by molar-refractivity contribution is -0.0979. The Labute approximate surface area is 179 Å². The van der Waals surface area contributed by atoms with Crippen molar-refractivity contribution in [2.24, 2.45) is 5.41 Å². The van der Waals surface area contributed by atoms with Gasteiger partial charge in [-0.1, -0.05) is 74.8 Å². The van der Waals surface area contributed by atoms with Gasteiger partial charge in [0, 0.05) is 41.2 Å². The number of nitrogens with zero attached hydrogens (tertiary/aromatic N) is 1. The molecule has 0 aliphatic carbocycles. The highest BCUT2D eigenvalue weighted by Gasteiger charge is 2.35. The largest absolute Gasteiger partial charge is 0.400 e. The Hall–Kier alpha value is -2.36. The maximum atomic E-state index is 8.00. The number of rotatable bonds is 3. The van der Waals surface area contributed by atoms with Crippen LogP contribution < -0.4 is 0 Å². The van der Waals surface area contributed by atoms with Crippen LogP contribution in [0.25, 0.3) is 22.3 Å². The van der Waals surface area contributed by atoms with E-state index in [-0.39, 0.29) is 0 Å². The Balaban J connectivity index is 0.000000707. The Bertz CT molecular complexity index is 928. The van der Waals surface area contributed by atoms with E-state index in [9.17, 15) is 0 Å². The zero-order valence-electron chi connectivity index (χ0n) is 17.7. The predicted octanol–water partition coefficient (Wildman–Crippen LogP) is 6.04. The maximum Gasteiger partial charge on any atom is 0.106 e. The van der Waals surface area contributed by atoms with Crippen LogP contribution in [0.5, 0.6) is 0 Å². The van der Waals surface area contributed by atoms with Gasteiger partial charge in [-0.15, -0.1) is 0 Å². The van der Waals surface area contributed by atoms with Gasteiger partial charge in [-0.25, -0.2) is 0 Å². The Morgan fingerprint density at radius 1 is 0.966 bits per heavy atom. The fourth-order valence-corrected chi connectivity index (χ4v) is 4.37. The zero-order chi connectivity index (χ0) is 21.6. The summed E-state index contributed by atoms with van der Waals surface area (Å²) in [6.45, 7) is 10.1. The average Bonchev–Trinajstić information content (AvgIpc) is 3.21. The van der Waals surface area contributed by atoms with E-state index in [0.717, 1.165) is 31.5 Å². The smallest absolute Gasteiger partial charge is 0.106 e. The van der Waals surface area contributed by atoms with Crippen LogP contribution >= 0.6 is 11.6 Å². The van der Waals surface area contributed by atoms with Crippen molar-refractivity contribution in [1.29, 1.82) is 0 Å². The zero-order valence-corrected chi connectivity index (χ0v) is 18.5. The molecule has 3 aromatic rings. The molecule has 4 rings (SSSR count). The molecule has 0 saturated heterocycles. The number of hydrogen-bond donors (Lipinski definition) is 1. The summed E-state index contributed by atoms with van der Waals surface area (Å²) in [6.07, 6.45) is 2.16. The quantitative estimate of drug-likeness (QED) is 0.570. The van der Waals surface area contributed by atoms with E-state index in [1.165, 1.54) is 33.6 Å². The molecule has 2 heterocycles. The summed E-state index contributed by atoms with van der Waals surface area (Å²) < 4.78 is 2.58. The summed E-state index contributed by atoms with van der Waals surface area (Å²) >= 11 is 6.14. The second-order valence-electron chi connectivity index (χ2n) is 7.80. The third kappa shape index (κ3) is 4.63. The van der Waals surface area contributed by atoms with E-state index in [4.69, 9.17) is 21.5 Å². The second kappa shape index (κ2) is 9.91. The highest BCUT2D eigenvalue weighted by molar-refractivity contribution is 6.30. The molecule has 0 fully saturated rings. The van der Waals surface area contributed by atoms with Crippen LogP contribution in [-0.2, 0) is 24.2 Å². The summed E-state index contributed by atoms with van der Waals surface area (Å²) in [5.74, 6) is 0. The van der Waals surface area contributed by atoms with Crippen molar-refractivity contribution < 1.29 is 9.90 Å². The monoisotopic (exact) mass is 411 g/mol. The Morgan fingerprint density at radius 2 is 1.52 bits per heavy atom. The van der Waals surface area contributed by atoms with Gasteiger partial charge in [0.1, 0.15) is 6.79 Å². The molecule has 0 unspecified atom stereocenters. The molecule has 1 aliphatic rings. The van der Waals surface area contributed by atoms with Gasteiger partial charge in [0.15, 0.2) is 0 Å². The third-order valence-electron chi connectivity index (χ3n) is 5.24. The van der Waals surface area contributed by atoms with Crippen LogP contribution in [0.15, 0.2) is 54.6 Å².